The lowest BCUT2D eigenvalue weighted by Crippen LogP contribution is -2.10. The van der Waals surface area contributed by atoms with Crippen molar-refractivity contribution in [2.24, 2.45) is 0 Å². The molecule has 0 amide bonds. The van der Waals surface area contributed by atoms with Crippen molar-refractivity contribution in [3.05, 3.63) is 137 Å². The first-order valence-corrected chi connectivity index (χ1v) is 15.4. The van der Waals surface area contributed by atoms with Gasteiger partial charge < -0.3 is 18.8 Å². The van der Waals surface area contributed by atoms with E-state index in [0.717, 1.165) is 62.7 Å². The van der Waals surface area contributed by atoms with E-state index in [1.165, 1.54) is 6.07 Å². The molecule has 0 saturated carbocycles. The molecule has 7 nitrogen and oxygen atoms in total. The SMILES string of the molecule is O=C(O)c1ccc(S(=O)(=O)Oc2ccc(-c3ccc(-c4c(Cc5ccccc5)oc5ccccc45)cc3)cc2Br)cc1O. The molecule has 6 aromatic rings. The van der Waals surface area contributed by atoms with Crippen molar-refractivity contribution in [1.29, 1.82) is 0 Å². The molecular formula is C34H23BrO7S. The summed E-state index contributed by atoms with van der Waals surface area (Å²) >= 11 is 3.40. The van der Waals surface area contributed by atoms with Crippen molar-refractivity contribution in [2.75, 3.05) is 0 Å². The van der Waals surface area contributed by atoms with Crippen LogP contribution in [0.5, 0.6) is 11.5 Å². The first-order chi connectivity index (χ1) is 20.7. The highest BCUT2D eigenvalue weighted by atomic mass is 79.9. The van der Waals surface area contributed by atoms with Crippen molar-refractivity contribution in [3.8, 4) is 33.8 Å². The van der Waals surface area contributed by atoms with Gasteiger partial charge in [0.15, 0.2) is 5.75 Å². The largest absolute Gasteiger partial charge is 0.507 e. The summed E-state index contributed by atoms with van der Waals surface area (Å²) in [6, 6.07) is 34.2. The van der Waals surface area contributed by atoms with Crippen molar-refractivity contribution in [2.45, 2.75) is 11.3 Å². The Morgan fingerprint density at radius 1 is 0.791 bits per heavy atom. The van der Waals surface area contributed by atoms with Gasteiger partial charge in [0.25, 0.3) is 0 Å². The summed E-state index contributed by atoms with van der Waals surface area (Å²) in [6.45, 7) is 0. The standard InChI is InChI=1S/C34H23BrO7S/c35-28-19-24(14-17-31(28)42-43(39,40)25-15-16-26(34(37)38)29(36)20-25)22-10-12-23(13-11-22)33-27-8-4-5-9-30(27)41-32(33)18-21-6-2-1-3-7-21/h1-17,19-20,36H,18H2,(H,37,38). The number of hydrogen-bond donors (Lipinski definition) is 2. The molecule has 0 spiro atoms. The molecule has 0 unspecified atom stereocenters. The molecule has 0 radical (unpaired) electrons. The Hall–Kier alpha value is -4.86. The Kier molecular flexibility index (Phi) is 7.52. The molecule has 2 N–H and O–H groups in total. The number of aromatic hydroxyl groups is 1. The number of para-hydroxylation sites is 1. The van der Waals surface area contributed by atoms with E-state index in [2.05, 4.69) is 34.1 Å². The number of halogens is 1. The van der Waals surface area contributed by atoms with Crippen LogP contribution in [0.4, 0.5) is 0 Å². The van der Waals surface area contributed by atoms with Crippen LogP contribution in [0.2, 0.25) is 0 Å². The second kappa shape index (κ2) is 11.4. The molecule has 0 atom stereocenters. The zero-order chi connectivity index (χ0) is 30.1. The Bertz CT molecular complexity index is 2080. The van der Waals surface area contributed by atoms with Gasteiger partial charge in [-0.15, -0.1) is 0 Å². The molecule has 214 valence electrons. The second-order valence-corrected chi connectivity index (χ2v) is 12.2. The molecule has 0 aliphatic rings. The average molecular weight is 656 g/mol. The summed E-state index contributed by atoms with van der Waals surface area (Å²) in [4.78, 5) is 10.8. The molecule has 0 aliphatic carbocycles. The van der Waals surface area contributed by atoms with Gasteiger partial charge in [-0.1, -0.05) is 78.9 Å². The van der Waals surface area contributed by atoms with Crippen LogP contribution in [0.15, 0.2) is 129 Å². The van der Waals surface area contributed by atoms with Gasteiger partial charge in [0.2, 0.25) is 0 Å². The molecule has 5 aromatic carbocycles. The van der Waals surface area contributed by atoms with Gasteiger partial charge in [-0.05, 0) is 68.5 Å². The predicted octanol–water partition coefficient (Wildman–Crippen LogP) is 8.29. The van der Waals surface area contributed by atoms with Gasteiger partial charge in [0.05, 0.1) is 4.47 Å². The van der Waals surface area contributed by atoms with Gasteiger partial charge >= 0.3 is 16.1 Å². The summed E-state index contributed by atoms with van der Waals surface area (Å²) in [5.41, 5.74) is 5.37. The van der Waals surface area contributed by atoms with Crippen LogP contribution in [0, 0.1) is 0 Å². The van der Waals surface area contributed by atoms with Gasteiger partial charge in [0.1, 0.15) is 27.6 Å². The molecule has 1 aromatic heterocycles. The maximum atomic E-state index is 12.8. The van der Waals surface area contributed by atoms with Crippen LogP contribution in [0.3, 0.4) is 0 Å². The van der Waals surface area contributed by atoms with E-state index in [1.807, 2.05) is 60.7 Å². The van der Waals surface area contributed by atoms with Crippen molar-refractivity contribution in [3.63, 3.8) is 0 Å². The van der Waals surface area contributed by atoms with Crippen LogP contribution in [0.1, 0.15) is 21.7 Å². The van der Waals surface area contributed by atoms with E-state index >= 15 is 0 Å². The summed E-state index contributed by atoms with van der Waals surface area (Å²) in [6.07, 6.45) is 0.660. The number of hydrogen-bond acceptors (Lipinski definition) is 6. The van der Waals surface area contributed by atoms with Gasteiger partial charge in [-0.25, -0.2) is 4.79 Å². The fourth-order valence-electron chi connectivity index (χ4n) is 4.91. The Morgan fingerprint density at radius 3 is 2.16 bits per heavy atom. The zero-order valence-corrected chi connectivity index (χ0v) is 24.8. The number of aromatic carboxylic acids is 1. The van der Waals surface area contributed by atoms with Crippen LogP contribution < -0.4 is 4.18 Å². The summed E-state index contributed by atoms with van der Waals surface area (Å²) in [7, 11) is -4.35. The molecule has 0 aliphatic heterocycles. The lowest BCUT2D eigenvalue weighted by molar-refractivity contribution is 0.0693. The minimum absolute atomic E-state index is 0.0394. The zero-order valence-electron chi connectivity index (χ0n) is 22.4. The Morgan fingerprint density at radius 2 is 1.47 bits per heavy atom. The van der Waals surface area contributed by atoms with Gasteiger partial charge in [-0.2, -0.15) is 8.42 Å². The average Bonchev–Trinajstić information content (AvgIpc) is 3.36. The van der Waals surface area contributed by atoms with Gasteiger partial charge in [0, 0.05) is 23.4 Å². The molecule has 43 heavy (non-hydrogen) atoms. The molecule has 9 heteroatoms. The van der Waals surface area contributed by atoms with E-state index in [0.29, 0.717) is 10.9 Å². The van der Waals surface area contributed by atoms with Gasteiger partial charge in [-0.3, -0.25) is 0 Å². The fraction of sp³-hybridized carbons (Fsp3) is 0.0294. The number of furan rings is 1. The number of carboxylic acid groups (broad SMARTS) is 1. The molecule has 1 heterocycles. The first kappa shape index (κ1) is 28.3. The van der Waals surface area contributed by atoms with Crippen LogP contribution >= 0.6 is 15.9 Å². The number of phenols is 1. The minimum Gasteiger partial charge on any atom is -0.507 e. The normalized spacial score (nSPS) is 11.5. The monoisotopic (exact) mass is 654 g/mol. The highest BCUT2D eigenvalue weighted by molar-refractivity contribution is 9.10. The maximum absolute atomic E-state index is 12.8. The van der Waals surface area contributed by atoms with E-state index < -0.39 is 27.4 Å². The van der Waals surface area contributed by atoms with Crippen molar-refractivity contribution in [1.82, 2.24) is 0 Å². The third-order valence-electron chi connectivity index (χ3n) is 7.00. The lowest BCUT2D eigenvalue weighted by atomic mass is 9.96. The maximum Gasteiger partial charge on any atom is 0.339 e. The molecule has 6 rings (SSSR count). The lowest BCUT2D eigenvalue weighted by Gasteiger charge is -2.11. The predicted molar refractivity (Wildman–Crippen MR) is 167 cm³/mol. The molecule has 0 fully saturated rings. The smallest absolute Gasteiger partial charge is 0.339 e. The number of rotatable bonds is 8. The topological polar surface area (TPSA) is 114 Å². The van der Waals surface area contributed by atoms with Crippen LogP contribution in [-0.2, 0) is 16.5 Å². The van der Waals surface area contributed by atoms with Crippen LogP contribution in [0.25, 0.3) is 33.2 Å². The van der Waals surface area contributed by atoms with E-state index in [9.17, 15) is 18.3 Å². The molecule has 0 saturated heterocycles. The highest BCUT2D eigenvalue weighted by Gasteiger charge is 2.22. The Balaban J connectivity index is 1.27. The fourth-order valence-corrected chi connectivity index (χ4v) is 6.45. The quantitative estimate of drug-likeness (QED) is 0.159. The highest BCUT2D eigenvalue weighted by Crippen LogP contribution is 2.38. The van der Waals surface area contributed by atoms with E-state index in [4.69, 9.17) is 13.7 Å². The van der Waals surface area contributed by atoms with Crippen molar-refractivity contribution >= 4 is 43.0 Å². The number of carboxylic acids is 1. The molecular weight excluding hydrogens is 632 g/mol. The van der Waals surface area contributed by atoms with E-state index in [1.54, 1.807) is 12.1 Å². The summed E-state index contributed by atoms with van der Waals surface area (Å²) in [5, 5.41) is 20.0. The third kappa shape index (κ3) is 5.77. The number of carbonyl (C=O) groups is 1. The molecule has 0 bridgehead atoms. The van der Waals surface area contributed by atoms with Crippen LogP contribution in [-0.4, -0.2) is 24.6 Å². The summed E-state index contributed by atoms with van der Waals surface area (Å²) < 4.78 is 37.6. The van der Waals surface area contributed by atoms with Crippen molar-refractivity contribution < 1.29 is 32.0 Å². The van der Waals surface area contributed by atoms with E-state index in [-0.39, 0.29) is 10.6 Å². The number of benzene rings is 5. The summed E-state index contributed by atoms with van der Waals surface area (Å²) in [5.74, 6) is -1.13. The minimum atomic E-state index is -4.35. The third-order valence-corrected chi connectivity index (χ3v) is 8.85. The Labute approximate surface area is 255 Å². The first-order valence-electron chi connectivity index (χ1n) is 13.1. The number of fused-ring (bicyclic) bond motifs is 1. The second-order valence-electron chi connectivity index (χ2n) is 9.80.